The van der Waals surface area contributed by atoms with Gasteiger partial charge in [-0.05, 0) is 18.6 Å². The summed E-state index contributed by atoms with van der Waals surface area (Å²) in [6.45, 7) is 6.01. The van der Waals surface area contributed by atoms with Crippen molar-refractivity contribution in [3.05, 3.63) is 35.4 Å². The van der Waals surface area contributed by atoms with Gasteiger partial charge in [0.15, 0.2) is 5.78 Å². The highest BCUT2D eigenvalue weighted by Gasteiger charge is 2.11. The minimum atomic E-state index is -0.178. The lowest BCUT2D eigenvalue weighted by molar-refractivity contribution is -0.118. The third-order valence-corrected chi connectivity index (χ3v) is 3.27. The largest absolute Gasteiger partial charge is 0.352 e. The fourth-order valence-corrected chi connectivity index (χ4v) is 1.89. The maximum atomic E-state index is 11.9. The topological polar surface area (TPSA) is 63.2 Å². The molecule has 1 aromatic carbocycles. The van der Waals surface area contributed by atoms with E-state index >= 15 is 0 Å². The van der Waals surface area contributed by atoms with E-state index in [1.165, 1.54) is 0 Å². The highest BCUT2D eigenvalue weighted by Crippen LogP contribution is 2.10. The Kier molecular flexibility index (Phi) is 6.79. The molecule has 0 aromatic heterocycles. The molecule has 0 aliphatic heterocycles. The van der Waals surface area contributed by atoms with Gasteiger partial charge in [-0.2, -0.15) is 0 Å². The summed E-state index contributed by atoms with van der Waals surface area (Å²) in [5, 5.41) is 2.77. The van der Waals surface area contributed by atoms with Gasteiger partial charge in [-0.3, -0.25) is 14.4 Å². The Hall–Kier alpha value is -1.97. The lowest BCUT2D eigenvalue weighted by Crippen LogP contribution is -2.24. The monoisotopic (exact) mass is 289 g/mol. The molecule has 0 bridgehead atoms. The molecule has 114 valence electrons. The molecule has 4 heteroatoms. The van der Waals surface area contributed by atoms with Crippen LogP contribution in [-0.4, -0.2) is 24.0 Å². The van der Waals surface area contributed by atoms with Crippen molar-refractivity contribution >= 4 is 17.5 Å². The summed E-state index contributed by atoms with van der Waals surface area (Å²) >= 11 is 0. The average Bonchev–Trinajstić information content (AvgIpc) is 2.50. The molecule has 0 spiro atoms. The van der Waals surface area contributed by atoms with Crippen LogP contribution in [0, 0.1) is 5.92 Å². The van der Waals surface area contributed by atoms with Gasteiger partial charge in [-0.1, -0.05) is 32.9 Å². The Bertz CT molecular complexity index is 503. The van der Waals surface area contributed by atoms with Gasteiger partial charge in [0.25, 0.3) is 5.91 Å². The molecule has 0 fully saturated rings. The van der Waals surface area contributed by atoms with Crippen molar-refractivity contribution in [2.45, 2.75) is 40.0 Å². The Balaban J connectivity index is 2.48. The molecular formula is C17H23NO3. The van der Waals surface area contributed by atoms with Crippen LogP contribution in [0.1, 0.15) is 60.7 Å². The normalized spacial score (nSPS) is 10.5. The van der Waals surface area contributed by atoms with Crippen LogP contribution < -0.4 is 5.32 Å². The summed E-state index contributed by atoms with van der Waals surface area (Å²) < 4.78 is 0. The number of ketones is 2. The van der Waals surface area contributed by atoms with Crippen LogP contribution in [0.5, 0.6) is 0 Å². The molecule has 0 unspecified atom stereocenters. The second-order valence-electron chi connectivity index (χ2n) is 5.35. The summed E-state index contributed by atoms with van der Waals surface area (Å²) in [7, 11) is 0. The second kappa shape index (κ2) is 8.35. The third-order valence-electron chi connectivity index (χ3n) is 3.27. The Labute approximate surface area is 125 Å². The van der Waals surface area contributed by atoms with Gasteiger partial charge in [0, 0.05) is 36.4 Å². The van der Waals surface area contributed by atoms with Crippen molar-refractivity contribution in [2.24, 2.45) is 5.92 Å². The van der Waals surface area contributed by atoms with Crippen LogP contribution in [0.2, 0.25) is 0 Å². The molecule has 0 aliphatic rings. The molecule has 1 rings (SSSR count). The summed E-state index contributed by atoms with van der Waals surface area (Å²) in [6, 6.07) is 6.67. The lowest BCUT2D eigenvalue weighted by Gasteiger charge is -2.07. The number of hydrogen-bond donors (Lipinski definition) is 1. The molecule has 0 radical (unpaired) electrons. The first-order valence-corrected chi connectivity index (χ1v) is 7.39. The third kappa shape index (κ3) is 5.50. The second-order valence-corrected chi connectivity index (χ2v) is 5.35. The van der Waals surface area contributed by atoms with E-state index in [-0.39, 0.29) is 23.4 Å². The summed E-state index contributed by atoms with van der Waals surface area (Å²) in [5.74, 6) is 0.0455. The number of amides is 1. The number of Topliss-reactive ketones (excluding diaryl/α,β-unsaturated/α-hetero) is 2. The van der Waals surface area contributed by atoms with Crippen molar-refractivity contribution < 1.29 is 14.4 Å². The van der Waals surface area contributed by atoms with E-state index in [1.807, 2.05) is 20.8 Å². The number of nitrogens with one attached hydrogen (secondary N) is 1. The zero-order valence-corrected chi connectivity index (χ0v) is 12.9. The number of carbonyl (C=O) groups excluding carboxylic acids is 3. The van der Waals surface area contributed by atoms with Gasteiger partial charge in [0.2, 0.25) is 0 Å². The van der Waals surface area contributed by atoms with E-state index in [0.29, 0.717) is 36.9 Å². The molecule has 0 atom stereocenters. The van der Waals surface area contributed by atoms with Crippen LogP contribution in [-0.2, 0) is 4.79 Å². The van der Waals surface area contributed by atoms with Crippen LogP contribution in [0.4, 0.5) is 0 Å². The number of hydrogen-bond acceptors (Lipinski definition) is 3. The average molecular weight is 289 g/mol. The van der Waals surface area contributed by atoms with Crippen LogP contribution in [0.25, 0.3) is 0 Å². The van der Waals surface area contributed by atoms with Crippen molar-refractivity contribution in [1.82, 2.24) is 5.32 Å². The van der Waals surface area contributed by atoms with E-state index in [4.69, 9.17) is 0 Å². The molecule has 21 heavy (non-hydrogen) atoms. The van der Waals surface area contributed by atoms with Crippen molar-refractivity contribution in [1.29, 1.82) is 0 Å². The van der Waals surface area contributed by atoms with Crippen LogP contribution in [0.3, 0.4) is 0 Å². The highest BCUT2D eigenvalue weighted by atomic mass is 16.1. The number of carbonyl (C=O) groups is 3. The van der Waals surface area contributed by atoms with Gasteiger partial charge in [-0.15, -0.1) is 0 Å². The van der Waals surface area contributed by atoms with Gasteiger partial charge in [0.05, 0.1) is 0 Å². The lowest BCUT2D eigenvalue weighted by atomic mass is 10.00. The molecule has 0 saturated heterocycles. The predicted octanol–water partition coefficient (Wildman–Crippen LogP) is 3.01. The summed E-state index contributed by atoms with van der Waals surface area (Å²) in [6.07, 6.45) is 1.69. The smallest absolute Gasteiger partial charge is 0.251 e. The highest BCUT2D eigenvalue weighted by molar-refractivity contribution is 5.99. The van der Waals surface area contributed by atoms with E-state index in [9.17, 15) is 14.4 Å². The predicted molar refractivity (Wildman–Crippen MR) is 82.5 cm³/mol. The molecule has 1 amide bonds. The van der Waals surface area contributed by atoms with Crippen molar-refractivity contribution in [2.75, 3.05) is 6.54 Å². The fourth-order valence-electron chi connectivity index (χ4n) is 1.89. The zero-order valence-electron chi connectivity index (χ0n) is 12.9. The molecule has 4 nitrogen and oxygen atoms in total. The van der Waals surface area contributed by atoms with Crippen LogP contribution >= 0.6 is 0 Å². The van der Waals surface area contributed by atoms with Gasteiger partial charge < -0.3 is 5.32 Å². The zero-order chi connectivity index (χ0) is 15.8. The maximum Gasteiger partial charge on any atom is 0.251 e. The van der Waals surface area contributed by atoms with Crippen LogP contribution in [0.15, 0.2) is 24.3 Å². The Morgan fingerprint density at radius 1 is 1.05 bits per heavy atom. The maximum absolute atomic E-state index is 11.9. The minimum Gasteiger partial charge on any atom is -0.352 e. The molecule has 1 aromatic rings. The molecular weight excluding hydrogens is 266 g/mol. The summed E-state index contributed by atoms with van der Waals surface area (Å²) in [4.78, 5) is 34.8. The minimum absolute atomic E-state index is 0.0548. The first-order valence-electron chi connectivity index (χ1n) is 7.39. The first kappa shape index (κ1) is 17.1. The molecule has 0 heterocycles. The number of rotatable bonds is 8. The van der Waals surface area contributed by atoms with E-state index in [2.05, 4.69) is 5.32 Å². The van der Waals surface area contributed by atoms with E-state index < -0.39 is 0 Å². The van der Waals surface area contributed by atoms with Gasteiger partial charge >= 0.3 is 0 Å². The van der Waals surface area contributed by atoms with Crippen molar-refractivity contribution in [3.63, 3.8) is 0 Å². The Morgan fingerprint density at radius 2 is 1.62 bits per heavy atom. The molecule has 0 aliphatic carbocycles. The van der Waals surface area contributed by atoms with Gasteiger partial charge in [-0.25, -0.2) is 0 Å². The first-order chi connectivity index (χ1) is 9.95. The molecule has 1 N–H and O–H groups in total. The van der Waals surface area contributed by atoms with E-state index in [0.717, 1.165) is 0 Å². The number of benzene rings is 1. The summed E-state index contributed by atoms with van der Waals surface area (Å²) in [5.41, 5.74) is 1.15. The van der Waals surface area contributed by atoms with E-state index in [1.54, 1.807) is 24.3 Å². The van der Waals surface area contributed by atoms with Crippen molar-refractivity contribution in [3.8, 4) is 0 Å². The molecule has 0 saturated carbocycles. The fraction of sp³-hybridized carbons (Fsp3) is 0.471. The SMILES string of the molecule is CCC(=O)CCCNC(=O)c1ccc(C(=O)C(C)C)cc1. The quantitative estimate of drug-likeness (QED) is 0.591. The standard InChI is InChI=1S/C17H23NO3/c1-4-15(19)6-5-11-18-17(21)14-9-7-13(8-10-14)16(20)12(2)3/h7-10,12H,4-6,11H2,1-3H3,(H,18,21). The van der Waals surface area contributed by atoms with Gasteiger partial charge in [0.1, 0.15) is 5.78 Å². The Morgan fingerprint density at radius 3 is 2.14 bits per heavy atom.